The molecule has 30 heavy (non-hydrogen) atoms. The Morgan fingerprint density at radius 1 is 0.967 bits per heavy atom. The number of rotatable bonds is 9. The van der Waals surface area contributed by atoms with Crippen LogP contribution >= 0.6 is 0 Å². The third-order valence-electron chi connectivity index (χ3n) is 5.29. The van der Waals surface area contributed by atoms with Gasteiger partial charge in [0.15, 0.2) is 0 Å². The van der Waals surface area contributed by atoms with Crippen LogP contribution in [0.4, 0.5) is 4.39 Å². The predicted octanol–water partition coefficient (Wildman–Crippen LogP) is 4.71. The molecule has 0 unspecified atom stereocenters. The second-order valence-electron chi connectivity index (χ2n) is 8.06. The van der Waals surface area contributed by atoms with Crippen molar-refractivity contribution in [3.05, 3.63) is 70.5 Å². The molecule has 2 rings (SSSR count). The lowest BCUT2D eigenvalue weighted by molar-refractivity contribution is -0.141. The van der Waals surface area contributed by atoms with Gasteiger partial charge in [-0.15, -0.1) is 0 Å². The van der Waals surface area contributed by atoms with Crippen molar-refractivity contribution in [3.8, 4) is 0 Å². The van der Waals surface area contributed by atoms with E-state index in [1.165, 1.54) is 12.1 Å². The van der Waals surface area contributed by atoms with Crippen molar-refractivity contribution < 1.29 is 14.0 Å². The number of nitrogens with zero attached hydrogens (tertiary/aromatic N) is 1. The topological polar surface area (TPSA) is 49.4 Å². The Bertz CT molecular complexity index is 844. The molecule has 0 aliphatic rings. The summed E-state index contributed by atoms with van der Waals surface area (Å²) < 4.78 is 13.3. The molecule has 0 fully saturated rings. The molecule has 0 aliphatic heterocycles. The van der Waals surface area contributed by atoms with E-state index in [1.54, 1.807) is 17.0 Å². The second kappa shape index (κ2) is 10.9. The zero-order valence-corrected chi connectivity index (χ0v) is 18.7. The first-order chi connectivity index (χ1) is 14.2. The van der Waals surface area contributed by atoms with E-state index in [-0.39, 0.29) is 36.6 Å². The highest BCUT2D eigenvalue weighted by Gasteiger charge is 2.29. The Hall–Kier alpha value is -2.69. The average molecular weight is 413 g/mol. The number of halogens is 1. The largest absolute Gasteiger partial charge is 0.352 e. The molecule has 0 saturated heterocycles. The fraction of sp³-hybridized carbons (Fsp3) is 0.440. The first-order valence-electron chi connectivity index (χ1n) is 10.6. The molecule has 0 radical (unpaired) electrons. The molecule has 4 nitrogen and oxygen atoms in total. The minimum absolute atomic E-state index is 0.0359. The van der Waals surface area contributed by atoms with Crippen LogP contribution in [-0.2, 0) is 22.6 Å². The van der Waals surface area contributed by atoms with Gasteiger partial charge >= 0.3 is 0 Å². The average Bonchev–Trinajstić information content (AvgIpc) is 2.68. The highest BCUT2D eigenvalue weighted by molar-refractivity contribution is 5.88. The van der Waals surface area contributed by atoms with Crippen LogP contribution in [0.1, 0.15) is 55.9 Å². The lowest BCUT2D eigenvalue weighted by Gasteiger charge is -2.31. The zero-order valence-electron chi connectivity index (χ0n) is 18.7. The molecule has 0 bridgehead atoms. The summed E-state index contributed by atoms with van der Waals surface area (Å²) >= 11 is 0. The van der Waals surface area contributed by atoms with E-state index in [2.05, 4.69) is 11.4 Å². The number of carbonyl (C=O) groups excluding carboxylic acids is 2. The third kappa shape index (κ3) is 6.68. The van der Waals surface area contributed by atoms with E-state index < -0.39 is 6.04 Å². The second-order valence-corrected chi connectivity index (χ2v) is 8.06. The summed E-state index contributed by atoms with van der Waals surface area (Å²) in [6.45, 7) is 10.1. The maximum Gasteiger partial charge on any atom is 0.243 e. The van der Waals surface area contributed by atoms with E-state index in [0.29, 0.717) is 6.42 Å². The molecule has 2 atom stereocenters. The normalized spacial score (nSPS) is 12.9. The number of benzene rings is 2. The molecule has 2 aromatic rings. The predicted molar refractivity (Wildman–Crippen MR) is 119 cm³/mol. The van der Waals surface area contributed by atoms with Gasteiger partial charge in [0.05, 0.1) is 6.42 Å². The summed E-state index contributed by atoms with van der Waals surface area (Å²) in [5.41, 5.74) is 3.92. The van der Waals surface area contributed by atoms with Crippen molar-refractivity contribution in [1.29, 1.82) is 0 Å². The highest BCUT2D eigenvalue weighted by Crippen LogP contribution is 2.17. The van der Waals surface area contributed by atoms with Crippen LogP contribution in [-0.4, -0.2) is 28.8 Å². The van der Waals surface area contributed by atoms with Gasteiger partial charge in [0.25, 0.3) is 0 Å². The lowest BCUT2D eigenvalue weighted by atomic mass is 10.0. The fourth-order valence-corrected chi connectivity index (χ4v) is 3.59. The van der Waals surface area contributed by atoms with Crippen LogP contribution in [0.3, 0.4) is 0 Å². The summed E-state index contributed by atoms with van der Waals surface area (Å²) in [4.78, 5) is 27.9. The molecule has 0 spiro atoms. The number of hydrogen-bond acceptors (Lipinski definition) is 2. The van der Waals surface area contributed by atoms with Gasteiger partial charge in [-0.05, 0) is 56.9 Å². The van der Waals surface area contributed by atoms with Gasteiger partial charge in [-0.3, -0.25) is 9.59 Å². The number of nitrogens with one attached hydrogen (secondary N) is 1. The van der Waals surface area contributed by atoms with E-state index in [1.807, 2.05) is 46.8 Å². The van der Waals surface area contributed by atoms with Crippen LogP contribution in [0.5, 0.6) is 0 Å². The van der Waals surface area contributed by atoms with E-state index >= 15 is 0 Å². The molecule has 0 aromatic heterocycles. The smallest absolute Gasteiger partial charge is 0.243 e. The monoisotopic (exact) mass is 412 g/mol. The quantitative estimate of drug-likeness (QED) is 0.649. The molecule has 5 heteroatoms. The van der Waals surface area contributed by atoms with Crippen LogP contribution in [0.2, 0.25) is 0 Å². The molecule has 1 N–H and O–H groups in total. The van der Waals surface area contributed by atoms with Gasteiger partial charge in [0.2, 0.25) is 11.8 Å². The summed E-state index contributed by atoms with van der Waals surface area (Å²) in [5.74, 6) is -0.591. The van der Waals surface area contributed by atoms with Crippen molar-refractivity contribution in [1.82, 2.24) is 10.2 Å². The maximum atomic E-state index is 13.3. The van der Waals surface area contributed by atoms with Crippen LogP contribution in [0.25, 0.3) is 0 Å². The van der Waals surface area contributed by atoms with Gasteiger partial charge < -0.3 is 10.2 Å². The van der Waals surface area contributed by atoms with Gasteiger partial charge in [0.1, 0.15) is 11.9 Å². The molecule has 162 valence electrons. The van der Waals surface area contributed by atoms with Crippen molar-refractivity contribution in [2.75, 3.05) is 0 Å². The maximum absolute atomic E-state index is 13.3. The molecule has 0 saturated carbocycles. The van der Waals surface area contributed by atoms with E-state index in [4.69, 9.17) is 0 Å². The number of amides is 2. The summed E-state index contributed by atoms with van der Waals surface area (Å²) in [6.07, 6.45) is 1.54. The standard InChI is InChI=1S/C25H33FN2O2/c1-6-19(5)27-25(30)23(7-2)28(16-20-8-10-22(26)11-9-20)24(29)15-21-13-17(3)12-18(4)14-21/h8-14,19,23H,6-7,15-16H2,1-5H3,(H,27,30)/t19-,23+/m1/s1. The van der Waals surface area contributed by atoms with Crippen LogP contribution in [0, 0.1) is 19.7 Å². The van der Waals surface area contributed by atoms with Gasteiger partial charge in [0, 0.05) is 12.6 Å². The Balaban J connectivity index is 2.31. The van der Waals surface area contributed by atoms with Crippen molar-refractivity contribution in [2.24, 2.45) is 0 Å². The molecule has 0 aliphatic carbocycles. The fourth-order valence-electron chi connectivity index (χ4n) is 3.59. The summed E-state index contributed by atoms with van der Waals surface area (Å²) in [5, 5.41) is 3.00. The van der Waals surface area contributed by atoms with Crippen LogP contribution in [0.15, 0.2) is 42.5 Å². The Morgan fingerprint density at radius 3 is 2.10 bits per heavy atom. The molecular formula is C25H33FN2O2. The first-order valence-corrected chi connectivity index (χ1v) is 10.6. The lowest BCUT2D eigenvalue weighted by Crippen LogP contribution is -2.51. The van der Waals surface area contributed by atoms with Crippen molar-refractivity contribution >= 4 is 11.8 Å². The first kappa shape index (κ1) is 23.6. The number of aryl methyl sites for hydroxylation is 2. The molecular weight excluding hydrogens is 379 g/mol. The van der Waals surface area contributed by atoms with Gasteiger partial charge in [-0.2, -0.15) is 0 Å². The highest BCUT2D eigenvalue weighted by atomic mass is 19.1. The molecule has 0 heterocycles. The number of hydrogen-bond donors (Lipinski definition) is 1. The summed E-state index contributed by atoms with van der Waals surface area (Å²) in [6, 6.07) is 11.6. The Morgan fingerprint density at radius 2 is 1.57 bits per heavy atom. The zero-order chi connectivity index (χ0) is 22.3. The van der Waals surface area contributed by atoms with E-state index in [0.717, 1.165) is 28.7 Å². The van der Waals surface area contributed by atoms with Crippen LogP contribution < -0.4 is 5.32 Å². The van der Waals surface area contributed by atoms with Crippen molar-refractivity contribution in [3.63, 3.8) is 0 Å². The molecule has 2 aromatic carbocycles. The Labute approximate surface area is 179 Å². The van der Waals surface area contributed by atoms with Gasteiger partial charge in [-0.25, -0.2) is 4.39 Å². The van der Waals surface area contributed by atoms with E-state index in [9.17, 15) is 14.0 Å². The SMILES string of the molecule is CC[C@@H](C)NC(=O)[C@H](CC)N(Cc1ccc(F)cc1)C(=O)Cc1cc(C)cc(C)c1. The minimum atomic E-state index is -0.581. The molecule has 2 amide bonds. The Kier molecular flexibility index (Phi) is 8.58. The third-order valence-corrected chi connectivity index (χ3v) is 5.29. The summed E-state index contributed by atoms with van der Waals surface area (Å²) in [7, 11) is 0. The minimum Gasteiger partial charge on any atom is -0.352 e. The van der Waals surface area contributed by atoms with Crippen molar-refractivity contribution in [2.45, 2.75) is 72.5 Å². The number of carbonyl (C=O) groups is 2. The van der Waals surface area contributed by atoms with Gasteiger partial charge in [-0.1, -0.05) is 55.3 Å².